The molecule has 0 aromatic rings. The molecule has 0 spiro atoms. The van der Waals surface area contributed by atoms with Crippen molar-refractivity contribution in [3.63, 3.8) is 0 Å². The first-order valence-corrected chi connectivity index (χ1v) is 8.51. The first-order valence-electron chi connectivity index (χ1n) is 8.51. The number of rotatable bonds is 7. The van der Waals surface area contributed by atoms with Gasteiger partial charge in [-0.25, -0.2) is 0 Å². The summed E-state index contributed by atoms with van der Waals surface area (Å²) in [6, 6.07) is 0.436. The highest BCUT2D eigenvalue weighted by atomic mass is 16.5. The average molecular weight is 280 g/mol. The maximum atomic E-state index is 5.62. The summed E-state index contributed by atoms with van der Waals surface area (Å²) in [5.74, 6) is 0. The van der Waals surface area contributed by atoms with E-state index in [1.165, 1.54) is 50.8 Å². The minimum atomic E-state index is 0.220. The van der Waals surface area contributed by atoms with Crippen LogP contribution in [0, 0.1) is 0 Å². The summed E-state index contributed by atoms with van der Waals surface area (Å²) in [5, 5.41) is 3.82. The molecule has 0 aromatic carbocycles. The van der Waals surface area contributed by atoms with Crippen LogP contribution in [0.25, 0.3) is 0 Å². The Hall–Kier alpha value is -0.540. The zero-order chi connectivity index (χ0) is 14.4. The zero-order valence-corrected chi connectivity index (χ0v) is 13.6. The molecule has 2 unspecified atom stereocenters. The summed E-state index contributed by atoms with van der Waals surface area (Å²) in [6.07, 6.45) is 9.47. The van der Waals surface area contributed by atoms with Gasteiger partial charge in [0.2, 0.25) is 0 Å². The van der Waals surface area contributed by atoms with E-state index in [2.05, 4.69) is 31.0 Å². The van der Waals surface area contributed by atoms with E-state index in [1.54, 1.807) is 0 Å². The Morgan fingerprint density at radius 3 is 2.60 bits per heavy atom. The van der Waals surface area contributed by atoms with Gasteiger partial charge in [0.1, 0.15) is 0 Å². The molecule has 1 fully saturated rings. The first-order chi connectivity index (χ1) is 9.72. The molecule has 3 heteroatoms. The number of nitrogens with zero attached hydrogens (tertiary/aromatic N) is 1. The van der Waals surface area contributed by atoms with Gasteiger partial charge in [0.05, 0.1) is 12.9 Å². The molecule has 2 heterocycles. The van der Waals surface area contributed by atoms with E-state index >= 15 is 0 Å². The number of likely N-dealkylation sites (tertiary alicyclic amines) is 1. The quantitative estimate of drug-likeness (QED) is 0.774. The number of nitrogens with one attached hydrogen (secondary N) is 1. The van der Waals surface area contributed by atoms with E-state index in [1.807, 2.05) is 6.26 Å². The number of hydrogen-bond donors (Lipinski definition) is 1. The summed E-state index contributed by atoms with van der Waals surface area (Å²) >= 11 is 0. The Labute approximate surface area is 124 Å². The highest BCUT2D eigenvalue weighted by Crippen LogP contribution is 2.33. The van der Waals surface area contributed by atoms with E-state index < -0.39 is 0 Å². The first kappa shape index (κ1) is 15.8. The second-order valence-corrected chi connectivity index (χ2v) is 6.46. The summed E-state index contributed by atoms with van der Waals surface area (Å²) in [7, 11) is 0. The second-order valence-electron chi connectivity index (χ2n) is 6.46. The summed E-state index contributed by atoms with van der Waals surface area (Å²) < 4.78 is 5.62. The van der Waals surface area contributed by atoms with Crippen LogP contribution in [-0.4, -0.2) is 42.7 Å². The second kappa shape index (κ2) is 7.46. The lowest BCUT2D eigenvalue weighted by Crippen LogP contribution is -2.59. The molecule has 2 aliphatic rings. The van der Waals surface area contributed by atoms with Crippen molar-refractivity contribution >= 4 is 0 Å². The van der Waals surface area contributed by atoms with Gasteiger partial charge in [0.25, 0.3) is 0 Å². The molecule has 1 N–H and O–H groups in total. The minimum absolute atomic E-state index is 0.220. The molecule has 0 saturated carbocycles. The molecule has 0 bridgehead atoms. The highest BCUT2D eigenvalue weighted by molar-refractivity contribution is 5.19. The molecule has 2 atom stereocenters. The summed E-state index contributed by atoms with van der Waals surface area (Å²) in [4.78, 5) is 2.70. The zero-order valence-electron chi connectivity index (χ0n) is 13.6. The molecule has 2 rings (SSSR count). The Morgan fingerprint density at radius 1 is 1.30 bits per heavy atom. The fourth-order valence-electron chi connectivity index (χ4n) is 3.67. The predicted molar refractivity (Wildman–Crippen MR) is 84.9 cm³/mol. The van der Waals surface area contributed by atoms with Crippen molar-refractivity contribution < 1.29 is 4.74 Å². The molecule has 0 radical (unpaired) electrons. The van der Waals surface area contributed by atoms with Crippen LogP contribution >= 0.6 is 0 Å². The monoisotopic (exact) mass is 280 g/mol. The maximum absolute atomic E-state index is 5.62. The molecule has 0 aliphatic carbocycles. The van der Waals surface area contributed by atoms with E-state index in [-0.39, 0.29) is 5.54 Å². The standard InChI is InChI=1S/C17H32N2O/c1-4-10-18-16(15-9-8-13-20-14-15)17(3,5-2)19-11-6-7-12-19/h14,16,18H,4-13H2,1-3H3. The van der Waals surface area contributed by atoms with Crippen LogP contribution in [0.4, 0.5) is 0 Å². The molecular weight excluding hydrogens is 248 g/mol. The van der Waals surface area contributed by atoms with Crippen molar-refractivity contribution in [3.8, 4) is 0 Å². The maximum Gasteiger partial charge on any atom is 0.0876 e. The SMILES string of the molecule is CCCNC(C1=COCCC1)C(C)(CC)N1CCCC1. The Kier molecular flexibility index (Phi) is 5.91. The predicted octanol–water partition coefficient (Wildman–Crippen LogP) is 3.31. The van der Waals surface area contributed by atoms with Crippen LogP contribution in [0.3, 0.4) is 0 Å². The van der Waals surface area contributed by atoms with Crippen molar-refractivity contribution in [3.05, 3.63) is 11.8 Å². The van der Waals surface area contributed by atoms with Crippen LogP contribution in [0.1, 0.15) is 59.3 Å². The Morgan fingerprint density at radius 2 is 2.05 bits per heavy atom. The lowest BCUT2D eigenvalue weighted by atomic mass is 9.81. The van der Waals surface area contributed by atoms with E-state index in [0.717, 1.165) is 19.6 Å². The van der Waals surface area contributed by atoms with Gasteiger partial charge >= 0.3 is 0 Å². The van der Waals surface area contributed by atoms with Gasteiger partial charge in [-0.3, -0.25) is 4.90 Å². The summed E-state index contributed by atoms with van der Waals surface area (Å²) in [5.41, 5.74) is 1.69. The van der Waals surface area contributed by atoms with Gasteiger partial charge in [0, 0.05) is 11.6 Å². The molecule has 3 nitrogen and oxygen atoms in total. The summed E-state index contributed by atoms with van der Waals surface area (Å²) in [6.45, 7) is 11.5. The van der Waals surface area contributed by atoms with Crippen molar-refractivity contribution in [1.82, 2.24) is 10.2 Å². The van der Waals surface area contributed by atoms with E-state index in [4.69, 9.17) is 4.74 Å². The molecule has 1 saturated heterocycles. The van der Waals surface area contributed by atoms with Crippen molar-refractivity contribution in [2.75, 3.05) is 26.2 Å². The van der Waals surface area contributed by atoms with E-state index in [0.29, 0.717) is 6.04 Å². The third kappa shape index (κ3) is 3.37. The van der Waals surface area contributed by atoms with Crippen molar-refractivity contribution in [2.45, 2.75) is 70.9 Å². The molecule has 2 aliphatic heterocycles. The van der Waals surface area contributed by atoms with Crippen LogP contribution in [0.2, 0.25) is 0 Å². The van der Waals surface area contributed by atoms with Crippen LogP contribution in [0.15, 0.2) is 11.8 Å². The van der Waals surface area contributed by atoms with Gasteiger partial charge in [-0.2, -0.15) is 0 Å². The lowest BCUT2D eigenvalue weighted by molar-refractivity contribution is 0.0907. The lowest BCUT2D eigenvalue weighted by Gasteiger charge is -2.46. The van der Waals surface area contributed by atoms with Crippen LogP contribution in [-0.2, 0) is 4.74 Å². The Balaban J connectivity index is 2.19. The van der Waals surface area contributed by atoms with Gasteiger partial charge in [0.15, 0.2) is 0 Å². The van der Waals surface area contributed by atoms with E-state index in [9.17, 15) is 0 Å². The smallest absolute Gasteiger partial charge is 0.0876 e. The minimum Gasteiger partial charge on any atom is -0.501 e. The van der Waals surface area contributed by atoms with Crippen molar-refractivity contribution in [1.29, 1.82) is 0 Å². The molecular formula is C17H32N2O. The van der Waals surface area contributed by atoms with Gasteiger partial charge in [-0.1, -0.05) is 13.8 Å². The molecule has 20 heavy (non-hydrogen) atoms. The van der Waals surface area contributed by atoms with Crippen LogP contribution < -0.4 is 5.32 Å². The fourth-order valence-corrected chi connectivity index (χ4v) is 3.67. The highest BCUT2D eigenvalue weighted by Gasteiger charge is 2.41. The number of hydrogen-bond acceptors (Lipinski definition) is 3. The number of ether oxygens (including phenoxy) is 1. The normalized spacial score (nSPS) is 24.9. The topological polar surface area (TPSA) is 24.5 Å². The third-order valence-electron chi connectivity index (χ3n) is 5.10. The van der Waals surface area contributed by atoms with Crippen molar-refractivity contribution in [2.24, 2.45) is 0 Å². The average Bonchev–Trinajstić information content (AvgIpc) is 3.03. The van der Waals surface area contributed by atoms with Gasteiger partial charge < -0.3 is 10.1 Å². The Bertz CT molecular complexity index is 323. The molecule has 0 amide bonds. The molecule has 116 valence electrons. The fraction of sp³-hybridized carbons (Fsp3) is 0.882. The third-order valence-corrected chi connectivity index (χ3v) is 5.10. The molecule has 0 aromatic heterocycles. The van der Waals surface area contributed by atoms with Crippen LogP contribution in [0.5, 0.6) is 0 Å². The van der Waals surface area contributed by atoms with Gasteiger partial charge in [-0.05, 0) is 70.7 Å². The largest absolute Gasteiger partial charge is 0.501 e. The van der Waals surface area contributed by atoms with Gasteiger partial charge in [-0.15, -0.1) is 0 Å².